The third-order valence-electron chi connectivity index (χ3n) is 3.06. The summed E-state index contributed by atoms with van der Waals surface area (Å²) >= 11 is 2.91. The minimum Gasteiger partial charge on any atom is -0.328 e. The molecule has 0 bridgehead atoms. The highest BCUT2D eigenvalue weighted by atomic mass is 32.2. The first-order valence-corrected chi connectivity index (χ1v) is 8.56. The first kappa shape index (κ1) is 16.2. The standard InChI is InChI=1S/C14H18FN3OS2/c1-8(16)5-6-20-7-9-12-10(15)3-2-4-11(12)21-13(9)14(19)18-17/h2-4,8H,5-7,16-17H2,1H3,(H,18,19). The van der Waals surface area contributed by atoms with Crippen LogP contribution >= 0.6 is 23.1 Å². The summed E-state index contributed by atoms with van der Waals surface area (Å²) in [4.78, 5) is 12.4. The highest BCUT2D eigenvalue weighted by Crippen LogP contribution is 2.35. The van der Waals surface area contributed by atoms with Gasteiger partial charge in [0.2, 0.25) is 0 Å². The molecule has 0 spiro atoms. The van der Waals surface area contributed by atoms with Gasteiger partial charge in [0, 0.05) is 21.9 Å². The number of nitrogens with one attached hydrogen (secondary N) is 1. The van der Waals surface area contributed by atoms with Crippen molar-refractivity contribution in [2.75, 3.05) is 5.75 Å². The van der Waals surface area contributed by atoms with Crippen molar-refractivity contribution in [3.63, 3.8) is 0 Å². The first-order valence-electron chi connectivity index (χ1n) is 6.58. The van der Waals surface area contributed by atoms with E-state index in [9.17, 15) is 9.18 Å². The van der Waals surface area contributed by atoms with Crippen LogP contribution in [-0.4, -0.2) is 17.7 Å². The Morgan fingerprint density at radius 2 is 2.29 bits per heavy atom. The van der Waals surface area contributed by atoms with Gasteiger partial charge in [-0.05, 0) is 36.8 Å². The Labute approximate surface area is 131 Å². The lowest BCUT2D eigenvalue weighted by Crippen LogP contribution is -2.29. The number of nitrogen functional groups attached to an aromatic ring is 1. The number of hydrogen-bond acceptors (Lipinski definition) is 5. The molecule has 0 aliphatic carbocycles. The third-order valence-corrected chi connectivity index (χ3v) is 5.28. The maximum atomic E-state index is 14.1. The van der Waals surface area contributed by atoms with Crippen molar-refractivity contribution >= 4 is 39.1 Å². The van der Waals surface area contributed by atoms with Gasteiger partial charge in [0.15, 0.2) is 0 Å². The Balaban J connectivity index is 2.31. The van der Waals surface area contributed by atoms with Gasteiger partial charge in [-0.2, -0.15) is 11.8 Å². The maximum Gasteiger partial charge on any atom is 0.275 e. The van der Waals surface area contributed by atoms with Gasteiger partial charge in [0.25, 0.3) is 5.91 Å². The Bertz CT molecular complexity index is 642. The van der Waals surface area contributed by atoms with Crippen LogP contribution in [-0.2, 0) is 5.75 Å². The summed E-state index contributed by atoms with van der Waals surface area (Å²) in [6, 6.07) is 5.01. The molecule has 1 aromatic heterocycles. The number of hydrazine groups is 1. The van der Waals surface area contributed by atoms with Crippen molar-refractivity contribution < 1.29 is 9.18 Å². The van der Waals surface area contributed by atoms with Crippen LogP contribution in [0.4, 0.5) is 4.39 Å². The number of rotatable bonds is 6. The number of thiophene rings is 1. The fourth-order valence-electron chi connectivity index (χ4n) is 2.00. The lowest BCUT2D eigenvalue weighted by molar-refractivity contribution is 0.0957. The molecule has 0 saturated heterocycles. The van der Waals surface area contributed by atoms with E-state index in [1.807, 2.05) is 13.0 Å². The molecule has 0 aliphatic rings. The zero-order valence-corrected chi connectivity index (χ0v) is 13.3. The van der Waals surface area contributed by atoms with Gasteiger partial charge >= 0.3 is 0 Å². The lowest BCUT2D eigenvalue weighted by Gasteiger charge is -2.06. The second-order valence-corrected chi connectivity index (χ2v) is 6.97. The largest absolute Gasteiger partial charge is 0.328 e. The van der Waals surface area contributed by atoms with E-state index < -0.39 is 0 Å². The first-order chi connectivity index (χ1) is 10.0. The van der Waals surface area contributed by atoms with Gasteiger partial charge in [0.05, 0.1) is 4.88 Å². The zero-order valence-electron chi connectivity index (χ0n) is 11.7. The SMILES string of the molecule is CC(N)CCSCc1c(C(=O)NN)sc2cccc(F)c12. The third kappa shape index (κ3) is 3.74. The molecule has 0 saturated carbocycles. The average molecular weight is 327 g/mol. The van der Waals surface area contributed by atoms with Crippen LogP contribution in [0.25, 0.3) is 10.1 Å². The average Bonchev–Trinajstić information content (AvgIpc) is 2.82. The lowest BCUT2D eigenvalue weighted by atomic mass is 10.1. The predicted octanol–water partition coefficient (Wildman–Crippen LogP) is 2.61. The molecule has 0 fully saturated rings. The number of benzene rings is 1. The van der Waals surface area contributed by atoms with Crippen molar-refractivity contribution in [3.8, 4) is 0 Å². The second kappa shape index (κ2) is 7.22. The molecular weight excluding hydrogens is 309 g/mol. The molecule has 1 atom stereocenters. The molecule has 0 aliphatic heterocycles. The molecule has 1 unspecified atom stereocenters. The van der Waals surface area contributed by atoms with E-state index in [0.29, 0.717) is 21.6 Å². The number of carbonyl (C=O) groups excluding carboxylic acids is 1. The fraction of sp³-hybridized carbons (Fsp3) is 0.357. The number of amides is 1. The van der Waals surface area contributed by atoms with Crippen LogP contribution in [0.3, 0.4) is 0 Å². The number of halogens is 1. The van der Waals surface area contributed by atoms with E-state index in [4.69, 9.17) is 11.6 Å². The van der Waals surface area contributed by atoms with E-state index in [0.717, 1.165) is 16.9 Å². The molecule has 1 amide bonds. The second-order valence-electron chi connectivity index (χ2n) is 4.81. The monoisotopic (exact) mass is 327 g/mol. The molecule has 2 rings (SSSR count). The van der Waals surface area contributed by atoms with E-state index in [2.05, 4.69) is 5.43 Å². The summed E-state index contributed by atoms with van der Waals surface area (Å²) in [6.07, 6.45) is 0.883. The van der Waals surface area contributed by atoms with Gasteiger partial charge < -0.3 is 5.73 Å². The summed E-state index contributed by atoms with van der Waals surface area (Å²) < 4.78 is 14.8. The highest BCUT2D eigenvalue weighted by molar-refractivity contribution is 7.98. The van der Waals surface area contributed by atoms with Crippen LogP contribution in [0.2, 0.25) is 0 Å². The topological polar surface area (TPSA) is 81.1 Å². The summed E-state index contributed by atoms with van der Waals surface area (Å²) in [5.74, 6) is 5.97. The van der Waals surface area contributed by atoms with E-state index >= 15 is 0 Å². The molecule has 2 aromatic rings. The number of thioether (sulfide) groups is 1. The van der Waals surface area contributed by atoms with Gasteiger partial charge in [0.1, 0.15) is 5.82 Å². The molecule has 114 valence electrons. The number of carbonyl (C=O) groups is 1. The number of fused-ring (bicyclic) bond motifs is 1. The van der Waals surface area contributed by atoms with Crippen LogP contribution in [0.5, 0.6) is 0 Å². The molecule has 1 heterocycles. The summed E-state index contributed by atoms with van der Waals surface area (Å²) in [7, 11) is 0. The Kier molecular flexibility index (Phi) is 5.58. The Morgan fingerprint density at radius 3 is 2.95 bits per heavy atom. The normalized spacial score (nSPS) is 12.6. The van der Waals surface area contributed by atoms with Crippen molar-refractivity contribution in [3.05, 3.63) is 34.5 Å². The Hall–Kier alpha value is -1.15. The molecule has 21 heavy (non-hydrogen) atoms. The van der Waals surface area contributed by atoms with Crippen LogP contribution < -0.4 is 17.0 Å². The van der Waals surface area contributed by atoms with Gasteiger partial charge in [-0.15, -0.1) is 11.3 Å². The minimum absolute atomic E-state index is 0.139. The molecule has 0 radical (unpaired) electrons. The van der Waals surface area contributed by atoms with Gasteiger partial charge in [-0.1, -0.05) is 6.07 Å². The maximum absolute atomic E-state index is 14.1. The minimum atomic E-state index is -0.376. The van der Waals surface area contributed by atoms with Crippen molar-refractivity contribution in [1.29, 1.82) is 0 Å². The zero-order chi connectivity index (χ0) is 15.4. The van der Waals surface area contributed by atoms with Crippen LogP contribution in [0, 0.1) is 5.82 Å². The van der Waals surface area contributed by atoms with Gasteiger partial charge in [-0.25, -0.2) is 10.2 Å². The highest BCUT2D eigenvalue weighted by Gasteiger charge is 2.20. The summed E-state index contributed by atoms with van der Waals surface area (Å²) in [5, 5.41) is 0.523. The summed E-state index contributed by atoms with van der Waals surface area (Å²) in [5.41, 5.74) is 8.56. The molecule has 7 heteroatoms. The van der Waals surface area contributed by atoms with Crippen LogP contribution in [0.15, 0.2) is 18.2 Å². The van der Waals surface area contributed by atoms with E-state index in [1.165, 1.54) is 17.4 Å². The Morgan fingerprint density at radius 1 is 1.52 bits per heavy atom. The quantitative estimate of drug-likeness (QED) is 0.330. The molecule has 1 aromatic carbocycles. The van der Waals surface area contributed by atoms with Crippen LogP contribution in [0.1, 0.15) is 28.6 Å². The van der Waals surface area contributed by atoms with Crippen molar-refractivity contribution in [2.45, 2.75) is 25.1 Å². The summed E-state index contributed by atoms with van der Waals surface area (Å²) in [6.45, 7) is 1.95. The fourth-order valence-corrected chi connectivity index (χ4v) is 4.40. The van der Waals surface area contributed by atoms with E-state index in [-0.39, 0.29) is 17.8 Å². The number of nitrogens with two attached hydrogens (primary N) is 2. The molecular formula is C14H18FN3OS2. The van der Waals surface area contributed by atoms with E-state index in [1.54, 1.807) is 17.8 Å². The van der Waals surface area contributed by atoms with Crippen molar-refractivity contribution in [1.82, 2.24) is 5.43 Å². The molecule has 4 nitrogen and oxygen atoms in total. The smallest absolute Gasteiger partial charge is 0.275 e. The predicted molar refractivity (Wildman–Crippen MR) is 87.9 cm³/mol. The van der Waals surface area contributed by atoms with Crippen molar-refractivity contribution in [2.24, 2.45) is 11.6 Å². The van der Waals surface area contributed by atoms with Gasteiger partial charge in [-0.3, -0.25) is 10.2 Å². The number of hydrogen-bond donors (Lipinski definition) is 3. The molecule has 5 N–H and O–H groups in total.